The zero-order valence-electron chi connectivity index (χ0n) is 35.2. The second-order valence-corrected chi connectivity index (χ2v) is 26.6. The van der Waals surface area contributed by atoms with Gasteiger partial charge in [-0.1, -0.05) is 20.8 Å². The number of epoxide rings is 1. The topological polar surface area (TPSA) is 21.8 Å². The molecule has 1 saturated heterocycles. The maximum Gasteiger partial charge on any atom is 0.132 e. The van der Waals surface area contributed by atoms with Gasteiger partial charge in [-0.25, -0.2) is 0 Å². The number of rotatable bonds is 7. The van der Waals surface area contributed by atoms with E-state index in [1.807, 2.05) is 11.1 Å². The molecule has 298 valence electrons. The summed E-state index contributed by atoms with van der Waals surface area (Å²) >= 11 is 0. The first kappa shape index (κ1) is 33.8. The largest absolute Gasteiger partial charge is 0.487 e. The highest BCUT2D eigenvalue weighted by atomic mass is 16.6. The van der Waals surface area contributed by atoms with Crippen LogP contribution in [0.25, 0.3) is 0 Å². The lowest BCUT2D eigenvalue weighted by Gasteiger charge is -2.65. The molecule has 0 amide bonds. The fourth-order valence-electron chi connectivity index (χ4n) is 21.6. The zero-order valence-corrected chi connectivity index (χ0v) is 35.2. The SMILES string of the molecule is CC(C)(C)C(Oc1cc(C23CC4CC(CC(C4)C2)C3)c(C23CC4CC(CC(C4)C2)C3)c(C23CC4CC(CC(C4)C2)C3)c1C12CC3CC(CC(C3)C1)C2)C1CO1. The van der Waals surface area contributed by atoms with Gasteiger partial charge in [0.25, 0.3) is 0 Å². The number of ether oxygens (including phenoxy) is 2. The summed E-state index contributed by atoms with van der Waals surface area (Å²) in [7, 11) is 0. The molecule has 0 aromatic heterocycles. The van der Waals surface area contributed by atoms with E-state index >= 15 is 0 Å². The number of hydrogen-bond acceptors (Lipinski definition) is 2. The van der Waals surface area contributed by atoms with Crippen molar-refractivity contribution >= 4 is 0 Å². The van der Waals surface area contributed by atoms with Crippen LogP contribution in [0.3, 0.4) is 0 Å². The fourth-order valence-corrected chi connectivity index (χ4v) is 21.6. The third-order valence-electron chi connectivity index (χ3n) is 21.4. The maximum absolute atomic E-state index is 8.08. The Morgan fingerprint density at radius 3 is 1.05 bits per heavy atom. The molecule has 16 aliphatic carbocycles. The molecule has 17 fully saturated rings. The summed E-state index contributed by atoms with van der Waals surface area (Å²) in [6.45, 7) is 8.29. The van der Waals surface area contributed by atoms with Crippen molar-refractivity contribution in [1.82, 2.24) is 0 Å². The monoisotopic (exact) mass is 743 g/mol. The minimum absolute atomic E-state index is 0.0558. The van der Waals surface area contributed by atoms with Gasteiger partial charge in [-0.2, -0.15) is 0 Å². The molecule has 0 spiro atoms. The van der Waals surface area contributed by atoms with Crippen LogP contribution >= 0.6 is 0 Å². The fraction of sp³-hybridized carbons (Fsp3) is 0.887. The van der Waals surface area contributed by atoms with Crippen LogP contribution in [0.1, 0.15) is 197 Å². The summed E-state index contributed by atoms with van der Waals surface area (Å²) in [6, 6.07) is 2.99. The van der Waals surface area contributed by atoms with Crippen LogP contribution in [0.4, 0.5) is 0 Å². The molecule has 2 nitrogen and oxygen atoms in total. The summed E-state index contributed by atoms with van der Waals surface area (Å²) in [5, 5.41) is 0. The highest BCUT2D eigenvalue weighted by molar-refractivity contribution is 5.63. The van der Waals surface area contributed by atoms with E-state index in [0.29, 0.717) is 21.7 Å². The molecular weight excluding hydrogens is 669 g/mol. The molecule has 1 aromatic carbocycles. The zero-order chi connectivity index (χ0) is 36.3. The van der Waals surface area contributed by atoms with Crippen molar-refractivity contribution in [1.29, 1.82) is 0 Å². The molecule has 16 bridgehead atoms. The van der Waals surface area contributed by atoms with Crippen molar-refractivity contribution in [3.63, 3.8) is 0 Å². The Balaban J connectivity index is 1.09. The summed E-state index contributed by atoms with van der Waals surface area (Å²) in [4.78, 5) is 0. The molecule has 17 aliphatic rings. The number of benzene rings is 1. The van der Waals surface area contributed by atoms with E-state index in [1.165, 1.54) is 82.8 Å². The second kappa shape index (κ2) is 11.0. The van der Waals surface area contributed by atoms with Gasteiger partial charge < -0.3 is 9.47 Å². The van der Waals surface area contributed by atoms with Crippen molar-refractivity contribution in [2.24, 2.45) is 76.4 Å². The van der Waals surface area contributed by atoms with Crippen LogP contribution in [0, 0.1) is 76.4 Å². The van der Waals surface area contributed by atoms with E-state index < -0.39 is 0 Å². The minimum atomic E-state index is 0.0558. The molecule has 2 atom stereocenters. The Morgan fingerprint density at radius 2 is 0.745 bits per heavy atom. The molecule has 0 N–H and O–H groups in total. The van der Waals surface area contributed by atoms with Gasteiger partial charge in [-0.05, 0) is 264 Å². The van der Waals surface area contributed by atoms with Crippen LogP contribution in [-0.4, -0.2) is 18.8 Å². The van der Waals surface area contributed by atoms with Gasteiger partial charge in [0.2, 0.25) is 0 Å². The molecule has 1 aliphatic heterocycles. The van der Waals surface area contributed by atoms with Gasteiger partial charge in [0, 0.05) is 16.4 Å². The van der Waals surface area contributed by atoms with Gasteiger partial charge in [0.15, 0.2) is 0 Å². The molecule has 55 heavy (non-hydrogen) atoms. The van der Waals surface area contributed by atoms with Crippen LogP contribution in [0.2, 0.25) is 0 Å². The van der Waals surface area contributed by atoms with Crippen LogP contribution in [0.15, 0.2) is 6.07 Å². The number of hydrogen-bond donors (Lipinski definition) is 0. The Morgan fingerprint density at radius 1 is 0.455 bits per heavy atom. The molecule has 1 heterocycles. The molecule has 2 heteroatoms. The summed E-state index contributed by atoms with van der Waals surface area (Å²) in [6.07, 6.45) is 37.2. The van der Waals surface area contributed by atoms with Gasteiger partial charge in [0.05, 0.1) is 6.61 Å². The highest BCUT2D eigenvalue weighted by Gasteiger charge is 2.64. The Bertz CT molecular complexity index is 1640. The molecule has 18 rings (SSSR count). The second-order valence-electron chi connectivity index (χ2n) is 26.6. The third kappa shape index (κ3) is 4.88. The first-order valence-corrected chi connectivity index (χ1v) is 25.0. The van der Waals surface area contributed by atoms with E-state index in [4.69, 9.17) is 9.47 Å². The van der Waals surface area contributed by atoms with Crippen molar-refractivity contribution in [3.8, 4) is 5.75 Å². The highest BCUT2D eigenvalue weighted by Crippen LogP contribution is 2.73. The summed E-state index contributed by atoms with van der Waals surface area (Å²) < 4.78 is 14.4. The smallest absolute Gasteiger partial charge is 0.132 e. The van der Waals surface area contributed by atoms with Crippen molar-refractivity contribution < 1.29 is 9.47 Å². The van der Waals surface area contributed by atoms with E-state index in [-0.39, 0.29) is 17.6 Å². The maximum atomic E-state index is 8.08. The Hall–Kier alpha value is -1.02. The summed E-state index contributed by atoms with van der Waals surface area (Å²) in [5.74, 6) is 13.2. The average molecular weight is 743 g/mol. The molecular formula is C53H74O2. The minimum Gasteiger partial charge on any atom is -0.487 e. The lowest BCUT2D eigenvalue weighted by Crippen LogP contribution is -2.56. The van der Waals surface area contributed by atoms with Crippen LogP contribution < -0.4 is 4.74 Å². The van der Waals surface area contributed by atoms with Crippen molar-refractivity contribution in [3.05, 3.63) is 28.3 Å². The van der Waals surface area contributed by atoms with Crippen molar-refractivity contribution in [2.45, 2.75) is 209 Å². The van der Waals surface area contributed by atoms with Gasteiger partial charge in [-0.15, -0.1) is 0 Å². The van der Waals surface area contributed by atoms with E-state index in [2.05, 4.69) is 38.0 Å². The third-order valence-corrected chi connectivity index (χ3v) is 21.4. The van der Waals surface area contributed by atoms with E-state index in [0.717, 1.165) is 77.6 Å². The predicted octanol–water partition coefficient (Wildman–Crippen LogP) is 12.8. The van der Waals surface area contributed by atoms with Gasteiger partial charge in [0.1, 0.15) is 18.0 Å². The first-order valence-electron chi connectivity index (χ1n) is 25.0. The summed E-state index contributed by atoms with van der Waals surface area (Å²) in [5.41, 5.74) is 9.74. The van der Waals surface area contributed by atoms with Crippen LogP contribution in [0.5, 0.6) is 5.75 Å². The lowest BCUT2D eigenvalue weighted by molar-refractivity contribution is -0.0306. The van der Waals surface area contributed by atoms with Gasteiger partial charge in [-0.3, -0.25) is 0 Å². The quantitative estimate of drug-likeness (QED) is 0.260. The van der Waals surface area contributed by atoms with Gasteiger partial charge >= 0.3 is 0 Å². The Labute approximate surface area is 334 Å². The molecule has 0 radical (unpaired) electrons. The lowest BCUT2D eigenvalue weighted by atomic mass is 9.39. The predicted molar refractivity (Wildman–Crippen MR) is 219 cm³/mol. The molecule has 16 saturated carbocycles. The normalized spacial score (nSPS) is 54.8. The average Bonchev–Trinajstić information content (AvgIpc) is 3.92. The van der Waals surface area contributed by atoms with E-state index in [1.54, 1.807) is 77.0 Å². The molecule has 1 aromatic rings. The first-order chi connectivity index (χ1) is 26.5. The van der Waals surface area contributed by atoms with Crippen LogP contribution in [-0.2, 0) is 26.4 Å². The Kier molecular flexibility index (Phi) is 6.77. The molecule has 2 unspecified atom stereocenters. The van der Waals surface area contributed by atoms with Crippen molar-refractivity contribution in [2.75, 3.05) is 6.61 Å². The van der Waals surface area contributed by atoms with E-state index in [9.17, 15) is 0 Å². The standard InChI is InChI=1S/C53H74O2/c1-49(2,3)48(44-29-54-44)55-43-16-42(50-17-30-4-31(18-50)6-32(5-30)19-50)45(51-20-33-7-34(21-51)9-35(8-33)22-51)47(53-26-39-13-40(27-53)15-41(14-39)28-53)46(43)52-23-36-10-37(24-52)12-38(11-36)25-52/h16,30-41,44,48H,4-15,17-29H2,1-3H3.